The molecular weight excluding hydrogens is 254 g/mol. The van der Waals surface area contributed by atoms with Gasteiger partial charge in [-0.3, -0.25) is 0 Å². The number of amidine groups is 1. The molecule has 1 aromatic rings. The molecule has 1 saturated heterocycles. The minimum atomic E-state index is 0.126. The summed E-state index contributed by atoms with van der Waals surface area (Å²) < 4.78 is 0. The molecule has 0 amide bonds. The lowest BCUT2D eigenvalue weighted by Crippen LogP contribution is -2.39. The second-order valence-electron chi connectivity index (χ2n) is 5.56. The SMILES string of the molecule is Cc1ccnc(N2CCCC2CN(C)C)c1/C(N)=N/O. The maximum absolute atomic E-state index is 9.00. The number of nitrogens with zero attached hydrogens (tertiary/aromatic N) is 4. The van der Waals surface area contributed by atoms with Crippen molar-refractivity contribution in [2.75, 3.05) is 32.1 Å². The van der Waals surface area contributed by atoms with Crippen molar-refractivity contribution in [2.24, 2.45) is 10.9 Å². The number of nitrogens with two attached hydrogens (primary N) is 1. The summed E-state index contributed by atoms with van der Waals surface area (Å²) >= 11 is 0. The fraction of sp³-hybridized carbons (Fsp3) is 0.571. The molecule has 6 nitrogen and oxygen atoms in total. The Morgan fingerprint density at radius 2 is 2.35 bits per heavy atom. The minimum Gasteiger partial charge on any atom is -0.409 e. The smallest absolute Gasteiger partial charge is 0.174 e. The zero-order chi connectivity index (χ0) is 14.7. The van der Waals surface area contributed by atoms with E-state index in [4.69, 9.17) is 10.9 Å². The first-order valence-corrected chi connectivity index (χ1v) is 6.89. The summed E-state index contributed by atoms with van der Waals surface area (Å²) in [5.74, 6) is 0.950. The highest BCUT2D eigenvalue weighted by Gasteiger charge is 2.29. The zero-order valence-electron chi connectivity index (χ0n) is 12.4. The van der Waals surface area contributed by atoms with E-state index in [1.165, 1.54) is 0 Å². The van der Waals surface area contributed by atoms with Crippen LogP contribution < -0.4 is 10.6 Å². The van der Waals surface area contributed by atoms with Gasteiger partial charge in [0.15, 0.2) is 5.84 Å². The zero-order valence-corrected chi connectivity index (χ0v) is 12.4. The van der Waals surface area contributed by atoms with Crippen LogP contribution in [0.15, 0.2) is 17.4 Å². The number of aromatic nitrogens is 1. The van der Waals surface area contributed by atoms with E-state index in [1.54, 1.807) is 6.20 Å². The Bertz CT molecular complexity index is 500. The van der Waals surface area contributed by atoms with E-state index in [-0.39, 0.29) is 5.84 Å². The first kappa shape index (κ1) is 14.6. The summed E-state index contributed by atoms with van der Waals surface area (Å²) in [6.45, 7) is 3.89. The predicted octanol–water partition coefficient (Wildman–Crippen LogP) is 1.01. The number of pyridine rings is 1. The second-order valence-corrected chi connectivity index (χ2v) is 5.56. The van der Waals surface area contributed by atoms with Crippen LogP contribution in [0.25, 0.3) is 0 Å². The molecule has 20 heavy (non-hydrogen) atoms. The van der Waals surface area contributed by atoms with E-state index in [0.29, 0.717) is 6.04 Å². The van der Waals surface area contributed by atoms with Crippen LogP contribution >= 0.6 is 0 Å². The molecular formula is C14H23N5O. The van der Waals surface area contributed by atoms with Gasteiger partial charge in [-0.05, 0) is 45.5 Å². The van der Waals surface area contributed by atoms with E-state index in [1.807, 2.05) is 13.0 Å². The van der Waals surface area contributed by atoms with Crippen molar-refractivity contribution < 1.29 is 5.21 Å². The van der Waals surface area contributed by atoms with Gasteiger partial charge in [-0.25, -0.2) is 4.98 Å². The second kappa shape index (κ2) is 6.09. The van der Waals surface area contributed by atoms with Crippen molar-refractivity contribution >= 4 is 11.7 Å². The summed E-state index contributed by atoms with van der Waals surface area (Å²) in [5.41, 5.74) is 7.54. The molecule has 110 valence electrons. The van der Waals surface area contributed by atoms with Gasteiger partial charge in [0.1, 0.15) is 5.82 Å². The summed E-state index contributed by atoms with van der Waals surface area (Å²) in [5, 5.41) is 12.2. The number of hydrogen-bond donors (Lipinski definition) is 2. The van der Waals surface area contributed by atoms with Gasteiger partial charge in [0, 0.05) is 25.3 Å². The van der Waals surface area contributed by atoms with Crippen LogP contribution in [0.1, 0.15) is 24.0 Å². The van der Waals surface area contributed by atoms with Crippen LogP contribution in [0, 0.1) is 6.92 Å². The normalized spacial score (nSPS) is 19.9. The number of rotatable bonds is 4. The maximum Gasteiger partial charge on any atom is 0.174 e. The lowest BCUT2D eigenvalue weighted by atomic mass is 10.1. The number of anilines is 1. The molecule has 2 rings (SSSR count). The molecule has 3 N–H and O–H groups in total. The molecule has 0 spiro atoms. The first-order valence-electron chi connectivity index (χ1n) is 6.89. The molecule has 6 heteroatoms. The fourth-order valence-corrected chi connectivity index (χ4v) is 2.85. The van der Waals surface area contributed by atoms with E-state index < -0.39 is 0 Å². The molecule has 2 heterocycles. The number of hydrogen-bond acceptors (Lipinski definition) is 5. The Labute approximate surface area is 119 Å². The van der Waals surface area contributed by atoms with Gasteiger partial charge in [-0.1, -0.05) is 5.16 Å². The minimum absolute atomic E-state index is 0.126. The number of aryl methyl sites for hydroxylation is 1. The summed E-state index contributed by atoms with van der Waals surface area (Å²) in [4.78, 5) is 8.94. The number of likely N-dealkylation sites (N-methyl/N-ethyl adjacent to an activating group) is 1. The van der Waals surface area contributed by atoms with Crippen molar-refractivity contribution in [1.29, 1.82) is 0 Å². The molecule has 1 aliphatic heterocycles. The Kier molecular flexibility index (Phi) is 4.44. The molecule has 0 radical (unpaired) electrons. The van der Waals surface area contributed by atoms with Crippen molar-refractivity contribution in [3.63, 3.8) is 0 Å². The summed E-state index contributed by atoms with van der Waals surface area (Å²) in [6.07, 6.45) is 4.07. The average molecular weight is 277 g/mol. The Morgan fingerprint density at radius 3 is 3.00 bits per heavy atom. The van der Waals surface area contributed by atoms with Crippen molar-refractivity contribution in [3.05, 3.63) is 23.4 Å². The van der Waals surface area contributed by atoms with Gasteiger partial charge < -0.3 is 20.7 Å². The molecule has 1 aromatic heterocycles. The lowest BCUT2D eigenvalue weighted by molar-refractivity contribution is 0.318. The highest BCUT2D eigenvalue weighted by atomic mass is 16.4. The summed E-state index contributed by atoms with van der Waals surface area (Å²) in [7, 11) is 4.15. The molecule has 0 aliphatic carbocycles. The van der Waals surface area contributed by atoms with Crippen LogP contribution in [0.4, 0.5) is 5.82 Å². The van der Waals surface area contributed by atoms with Gasteiger partial charge >= 0.3 is 0 Å². The summed E-state index contributed by atoms with van der Waals surface area (Å²) in [6, 6.07) is 2.30. The Morgan fingerprint density at radius 1 is 1.60 bits per heavy atom. The maximum atomic E-state index is 9.00. The van der Waals surface area contributed by atoms with Crippen LogP contribution in [0.2, 0.25) is 0 Å². The Balaban J connectivity index is 2.39. The van der Waals surface area contributed by atoms with Crippen LogP contribution in [-0.4, -0.2) is 54.2 Å². The van der Waals surface area contributed by atoms with Gasteiger partial charge in [0.25, 0.3) is 0 Å². The van der Waals surface area contributed by atoms with Crippen LogP contribution in [-0.2, 0) is 0 Å². The van der Waals surface area contributed by atoms with Gasteiger partial charge in [-0.2, -0.15) is 0 Å². The average Bonchev–Trinajstić information content (AvgIpc) is 2.84. The predicted molar refractivity (Wildman–Crippen MR) is 80.4 cm³/mol. The van der Waals surface area contributed by atoms with E-state index >= 15 is 0 Å². The van der Waals surface area contributed by atoms with Crippen molar-refractivity contribution in [2.45, 2.75) is 25.8 Å². The highest BCUT2D eigenvalue weighted by Crippen LogP contribution is 2.28. The first-order chi connectivity index (χ1) is 9.54. The molecule has 1 atom stereocenters. The van der Waals surface area contributed by atoms with Crippen LogP contribution in [0.5, 0.6) is 0 Å². The monoisotopic (exact) mass is 277 g/mol. The molecule has 1 aliphatic rings. The molecule has 1 unspecified atom stereocenters. The third kappa shape index (κ3) is 2.85. The van der Waals surface area contributed by atoms with Crippen molar-refractivity contribution in [3.8, 4) is 0 Å². The number of oxime groups is 1. The molecule has 0 aromatic carbocycles. The molecule has 0 saturated carbocycles. The van der Waals surface area contributed by atoms with Gasteiger partial charge in [0.05, 0.1) is 5.56 Å². The van der Waals surface area contributed by atoms with E-state index in [9.17, 15) is 0 Å². The quantitative estimate of drug-likeness (QED) is 0.372. The fourth-order valence-electron chi connectivity index (χ4n) is 2.85. The largest absolute Gasteiger partial charge is 0.409 e. The molecule has 0 bridgehead atoms. The van der Waals surface area contributed by atoms with Crippen molar-refractivity contribution in [1.82, 2.24) is 9.88 Å². The lowest BCUT2D eigenvalue weighted by Gasteiger charge is -2.29. The third-order valence-electron chi connectivity index (χ3n) is 3.73. The van der Waals surface area contributed by atoms with E-state index in [2.05, 4.69) is 34.0 Å². The topological polar surface area (TPSA) is 78.0 Å². The van der Waals surface area contributed by atoms with Gasteiger partial charge in [0.2, 0.25) is 0 Å². The Hall–Kier alpha value is -1.82. The van der Waals surface area contributed by atoms with Crippen LogP contribution in [0.3, 0.4) is 0 Å². The van der Waals surface area contributed by atoms with Gasteiger partial charge in [-0.15, -0.1) is 0 Å². The third-order valence-corrected chi connectivity index (χ3v) is 3.73. The molecule has 1 fully saturated rings. The van der Waals surface area contributed by atoms with E-state index in [0.717, 1.165) is 42.9 Å². The highest BCUT2D eigenvalue weighted by molar-refractivity contribution is 6.02. The standard InChI is InChI=1S/C14H23N5O/c1-10-6-7-16-14(12(10)13(15)17-20)19-8-4-5-11(19)9-18(2)3/h6-7,11,20H,4-5,8-9H2,1-3H3,(H2,15,17).